The molecular formula is C14H23N3O. The van der Waals surface area contributed by atoms with Gasteiger partial charge in [-0.1, -0.05) is 20.3 Å². The van der Waals surface area contributed by atoms with Crippen LogP contribution in [-0.4, -0.2) is 28.7 Å². The highest BCUT2D eigenvalue weighted by molar-refractivity contribution is 5.48. The number of rotatable bonds is 5. The van der Waals surface area contributed by atoms with Gasteiger partial charge in [0.15, 0.2) is 0 Å². The summed E-state index contributed by atoms with van der Waals surface area (Å²) in [5.41, 5.74) is 1.71. The fraction of sp³-hybridized carbons (Fsp3) is 0.714. The Bertz CT molecular complexity index is 402. The minimum absolute atomic E-state index is 0.0212. The van der Waals surface area contributed by atoms with Crippen LogP contribution in [-0.2, 0) is 6.61 Å². The Kier molecular flexibility index (Phi) is 4.17. The zero-order chi connectivity index (χ0) is 13.1. The molecule has 0 amide bonds. The highest BCUT2D eigenvalue weighted by Gasteiger charge is 2.21. The third-order valence-corrected chi connectivity index (χ3v) is 3.70. The SMILES string of the molecule is CC(C)c1ncc(N(C)CC2CCC2)c(CO)n1. The maximum Gasteiger partial charge on any atom is 0.131 e. The summed E-state index contributed by atoms with van der Waals surface area (Å²) >= 11 is 0. The summed E-state index contributed by atoms with van der Waals surface area (Å²) in [6, 6.07) is 0. The smallest absolute Gasteiger partial charge is 0.131 e. The van der Waals surface area contributed by atoms with Gasteiger partial charge in [-0.15, -0.1) is 0 Å². The molecule has 0 unspecified atom stereocenters. The Morgan fingerprint density at radius 1 is 1.44 bits per heavy atom. The lowest BCUT2D eigenvalue weighted by molar-refractivity contribution is 0.275. The number of aromatic nitrogens is 2. The van der Waals surface area contributed by atoms with E-state index in [-0.39, 0.29) is 6.61 Å². The van der Waals surface area contributed by atoms with Crippen LogP contribution >= 0.6 is 0 Å². The average molecular weight is 249 g/mol. The van der Waals surface area contributed by atoms with Gasteiger partial charge in [-0.2, -0.15) is 0 Å². The van der Waals surface area contributed by atoms with E-state index in [4.69, 9.17) is 0 Å². The number of hydrogen-bond acceptors (Lipinski definition) is 4. The first-order valence-corrected chi connectivity index (χ1v) is 6.79. The maximum atomic E-state index is 9.46. The predicted molar refractivity (Wildman–Crippen MR) is 72.7 cm³/mol. The van der Waals surface area contributed by atoms with Crippen LogP contribution in [0.4, 0.5) is 5.69 Å². The van der Waals surface area contributed by atoms with Crippen LogP contribution in [0.2, 0.25) is 0 Å². The molecule has 1 aromatic rings. The molecule has 1 N–H and O–H groups in total. The van der Waals surface area contributed by atoms with Crippen molar-refractivity contribution >= 4 is 5.69 Å². The molecule has 18 heavy (non-hydrogen) atoms. The summed E-state index contributed by atoms with van der Waals surface area (Å²) in [6.07, 6.45) is 5.86. The lowest BCUT2D eigenvalue weighted by Gasteiger charge is -2.31. The van der Waals surface area contributed by atoms with Gasteiger partial charge in [0.05, 0.1) is 24.2 Å². The van der Waals surface area contributed by atoms with Crippen LogP contribution in [0, 0.1) is 5.92 Å². The fourth-order valence-electron chi connectivity index (χ4n) is 2.30. The van der Waals surface area contributed by atoms with E-state index in [2.05, 4.69) is 35.8 Å². The third kappa shape index (κ3) is 2.80. The standard InChI is InChI=1S/C14H23N3O/c1-10(2)14-15-7-13(12(9-18)16-14)17(3)8-11-5-4-6-11/h7,10-11,18H,4-6,8-9H2,1-3H3. The molecule has 1 aromatic heterocycles. The molecule has 1 aliphatic rings. The Morgan fingerprint density at radius 2 is 2.17 bits per heavy atom. The highest BCUT2D eigenvalue weighted by atomic mass is 16.3. The summed E-state index contributed by atoms with van der Waals surface area (Å²) in [7, 11) is 2.06. The first-order valence-electron chi connectivity index (χ1n) is 6.79. The van der Waals surface area contributed by atoms with Crippen molar-refractivity contribution in [2.45, 2.75) is 45.6 Å². The zero-order valence-corrected chi connectivity index (χ0v) is 11.6. The monoisotopic (exact) mass is 249 g/mol. The number of anilines is 1. The second-order valence-corrected chi connectivity index (χ2v) is 5.55. The number of hydrogen-bond donors (Lipinski definition) is 1. The second kappa shape index (κ2) is 5.65. The topological polar surface area (TPSA) is 49.2 Å². The van der Waals surface area contributed by atoms with E-state index >= 15 is 0 Å². The van der Waals surface area contributed by atoms with Crippen molar-refractivity contribution in [2.24, 2.45) is 5.92 Å². The molecule has 0 radical (unpaired) electrons. The molecular weight excluding hydrogens is 226 g/mol. The van der Waals surface area contributed by atoms with E-state index in [0.717, 1.165) is 29.7 Å². The largest absolute Gasteiger partial charge is 0.390 e. The van der Waals surface area contributed by atoms with Crippen LogP contribution in [0.3, 0.4) is 0 Å². The quantitative estimate of drug-likeness (QED) is 0.870. The van der Waals surface area contributed by atoms with Gasteiger partial charge < -0.3 is 10.0 Å². The Hall–Kier alpha value is -1.16. The van der Waals surface area contributed by atoms with Crippen LogP contribution in [0.5, 0.6) is 0 Å². The summed E-state index contributed by atoms with van der Waals surface area (Å²) in [5, 5.41) is 9.46. The van der Waals surface area contributed by atoms with Gasteiger partial charge >= 0.3 is 0 Å². The van der Waals surface area contributed by atoms with E-state index in [1.54, 1.807) is 0 Å². The zero-order valence-electron chi connectivity index (χ0n) is 11.6. The Morgan fingerprint density at radius 3 is 2.67 bits per heavy atom. The number of aliphatic hydroxyl groups excluding tert-OH is 1. The van der Waals surface area contributed by atoms with Gasteiger partial charge in [0, 0.05) is 19.5 Å². The van der Waals surface area contributed by atoms with Gasteiger partial charge in [-0.3, -0.25) is 0 Å². The van der Waals surface area contributed by atoms with Gasteiger partial charge in [-0.25, -0.2) is 9.97 Å². The third-order valence-electron chi connectivity index (χ3n) is 3.70. The first kappa shape index (κ1) is 13.3. The van der Waals surface area contributed by atoms with E-state index in [9.17, 15) is 5.11 Å². The summed E-state index contributed by atoms with van der Waals surface area (Å²) in [6.45, 7) is 5.15. The predicted octanol–water partition coefficient (Wildman–Crippen LogP) is 2.33. The molecule has 100 valence electrons. The van der Waals surface area contributed by atoms with Gasteiger partial charge in [0.25, 0.3) is 0 Å². The van der Waals surface area contributed by atoms with Gasteiger partial charge in [-0.05, 0) is 18.8 Å². The van der Waals surface area contributed by atoms with Crippen molar-refractivity contribution in [3.8, 4) is 0 Å². The fourth-order valence-corrected chi connectivity index (χ4v) is 2.30. The maximum absolute atomic E-state index is 9.46. The van der Waals surface area contributed by atoms with E-state index in [1.165, 1.54) is 19.3 Å². The van der Waals surface area contributed by atoms with Crippen LogP contribution in [0.25, 0.3) is 0 Å². The lowest BCUT2D eigenvalue weighted by atomic mass is 9.85. The van der Waals surface area contributed by atoms with Crippen LogP contribution in [0.1, 0.15) is 50.5 Å². The molecule has 4 nitrogen and oxygen atoms in total. The Labute approximate surface area is 109 Å². The van der Waals surface area contributed by atoms with Gasteiger partial charge in [0.2, 0.25) is 0 Å². The molecule has 1 heterocycles. The Balaban J connectivity index is 2.15. The molecule has 0 atom stereocenters. The molecule has 0 aliphatic heterocycles. The summed E-state index contributed by atoms with van der Waals surface area (Å²) in [4.78, 5) is 11.0. The van der Waals surface area contributed by atoms with Crippen molar-refractivity contribution in [1.82, 2.24) is 9.97 Å². The summed E-state index contributed by atoms with van der Waals surface area (Å²) < 4.78 is 0. The van der Waals surface area contributed by atoms with Crippen LogP contribution in [0.15, 0.2) is 6.20 Å². The average Bonchev–Trinajstić information content (AvgIpc) is 2.32. The van der Waals surface area contributed by atoms with E-state index in [1.807, 2.05) is 6.20 Å². The lowest BCUT2D eigenvalue weighted by Crippen LogP contribution is -2.30. The molecule has 0 bridgehead atoms. The van der Waals surface area contributed by atoms with E-state index < -0.39 is 0 Å². The van der Waals surface area contributed by atoms with Crippen molar-refractivity contribution in [1.29, 1.82) is 0 Å². The van der Waals surface area contributed by atoms with Crippen molar-refractivity contribution < 1.29 is 5.11 Å². The highest BCUT2D eigenvalue weighted by Crippen LogP contribution is 2.29. The normalized spacial score (nSPS) is 15.8. The molecule has 1 aliphatic carbocycles. The van der Waals surface area contributed by atoms with Crippen molar-refractivity contribution in [2.75, 3.05) is 18.5 Å². The number of nitrogens with zero attached hydrogens (tertiary/aromatic N) is 3. The minimum atomic E-state index is -0.0212. The van der Waals surface area contributed by atoms with Crippen molar-refractivity contribution in [3.05, 3.63) is 17.7 Å². The molecule has 0 saturated heterocycles. The summed E-state index contributed by atoms with van der Waals surface area (Å²) in [5.74, 6) is 1.90. The minimum Gasteiger partial charge on any atom is -0.390 e. The van der Waals surface area contributed by atoms with Crippen LogP contribution < -0.4 is 4.90 Å². The molecule has 1 saturated carbocycles. The first-order chi connectivity index (χ1) is 8.61. The van der Waals surface area contributed by atoms with E-state index in [0.29, 0.717) is 5.92 Å². The molecule has 4 heteroatoms. The molecule has 0 spiro atoms. The van der Waals surface area contributed by atoms with Crippen molar-refractivity contribution in [3.63, 3.8) is 0 Å². The molecule has 2 rings (SSSR count). The molecule has 0 aromatic carbocycles. The van der Waals surface area contributed by atoms with Gasteiger partial charge in [0.1, 0.15) is 5.82 Å². The second-order valence-electron chi connectivity index (χ2n) is 5.55. The molecule has 1 fully saturated rings. The number of aliphatic hydroxyl groups is 1.